The highest BCUT2D eigenvalue weighted by Crippen LogP contribution is 2.25. The first-order chi connectivity index (χ1) is 15.3. The smallest absolute Gasteiger partial charge is 0.257 e. The molecule has 0 fully saturated rings. The molecule has 0 bridgehead atoms. The third kappa shape index (κ3) is 4.60. The second-order valence-electron chi connectivity index (χ2n) is 7.10. The van der Waals surface area contributed by atoms with Gasteiger partial charge in [0.05, 0.1) is 16.3 Å². The summed E-state index contributed by atoms with van der Waals surface area (Å²) in [6.45, 7) is 5.68. The van der Waals surface area contributed by atoms with Crippen LogP contribution in [-0.4, -0.2) is 25.4 Å². The quantitative estimate of drug-likeness (QED) is 0.438. The molecule has 0 saturated heterocycles. The molecule has 32 heavy (non-hydrogen) atoms. The molecule has 2 aromatic carbocycles. The lowest BCUT2D eigenvalue weighted by molar-refractivity contribution is 0.102. The largest absolute Gasteiger partial charge is 0.439 e. The van der Waals surface area contributed by atoms with Gasteiger partial charge in [-0.25, -0.2) is 14.4 Å². The van der Waals surface area contributed by atoms with Crippen LogP contribution >= 0.6 is 11.6 Å². The molecule has 0 aliphatic carbocycles. The van der Waals surface area contributed by atoms with Crippen molar-refractivity contribution in [1.29, 1.82) is 0 Å². The van der Waals surface area contributed by atoms with Crippen LogP contribution in [0.15, 0.2) is 54.9 Å². The Hall–Kier alpha value is -3.78. The van der Waals surface area contributed by atoms with Crippen molar-refractivity contribution >= 4 is 23.2 Å². The number of nitrogens with zero attached hydrogens (tertiary/aromatic N) is 4. The van der Waals surface area contributed by atoms with Crippen molar-refractivity contribution in [1.82, 2.24) is 19.5 Å². The molecule has 162 valence electrons. The van der Waals surface area contributed by atoms with Gasteiger partial charge in [-0.15, -0.1) is 0 Å². The van der Waals surface area contributed by atoms with Gasteiger partial charge in [-0.2, -0.15) is 4.98 Å². The van der Waals surface area contributed by atoms with Gasteiger partial charge in [-0.05, 0) is 63.2 Å². The first kappa shape index (κ1) is 21.5. The fraction of sp³-hybridized carbons (Fsp3) is 0.130. The maximum Gasteiger partial charge on any atom is 0.257 e. The number of hydrogen-bond acceptors (Lipinski definition) is 5. The van der Waals surface area contributed by atoms with E-state index in [0.717, 1.165) is 17.5 Å². The van der Waals surface area contributed by atoms with Gasteiger partial charge in [0.2, 0.25) is 5.88 Å². The third-order valence-electron chi connectivity index (χ3n) is 4.81. The topological polar surface area (TPSA) is 81.9 Å². The Balaban J connectivity index is 1.49. The van der Waals surface area contributed by atoms with Crippen molar-refractivity contribution < 1.29 is 13.9 Å². The molecule has 2 aromatic heterocycles. The van der Waals surface area contributed by atoms with E-state index in [2.05, 4.69) is 20.3 Å². The lowest BCUT2D eigenvalue weighted by atomic mass is 10.2. The van der Waals surface area contributed by atoms with Crippen LogP contribution in [0.2, 0.25) is 5.02 Å². The second kappa shape index (κ2) is 8.76. The molecule has 1 amide bonds. The van der Waals surface area contributed by atoms with Crippen molar-refractivity contribution in [2.24, 2.45) is 0 Å². The van der Waals surface area contributed by atoms with Crippen LogP contribution in [0, 0.1) is 26.6 Å². The van der Waals surface area contributed by atoms with Gasteiger partial charge in [0.25, 0.3) is 5.91 Å². The molecule has 0 aliphatic heterocycles. The molecule has 7 nitrogen and oxygen atoms in total. The molecule has 0 unspecified atom stereocenters. The van der Waals surface area contributed by atoms with E-state index >= 15 is 0 Å². The number of imidazole rings is 1. The highest BCUT2D eigenvalue weighted by Gasteiger charge is 2.12. The summed E-state index contributed by atoms with van der Waals surface area (Å²) < 4.78 is 20.9. The number of aryl methyl sites for hydroxylation is 2. The minimum Gasteiger partial charge on any atom is -0.439 e. The van der Waals surface area contributed by atoms with E-state index in [1.165, 1.54) is 12.1 Å². The fourth-order valence-electron chi connectivity index (χ4n) is 3.03. The molecule has 0 radical (unpaired) electrons. The number of hydrogen-bond donors (Lipinski definition) is 1. The summed E-state index contributed by atoms with van der Waals surface area (Å²) in [4.78, 5) is 25.5. The van der Waals surface area contributed by atoms with Crippen LogP contribution in [0.4, 0.5) is 10.1 Å². The predicted octanol–water partition coefficient (Wildman–Crippen LogP) is 5.42. The Kier molecular flexibility index (Phi) is 5.87. The third-order valence-corrected chi connectivity index (χ3v) is 5.12. The number of carbonyl (C=O) groups is 1. The summed E-state index contributed by atoms with van der Waals surface area (Å²) in [5.41, 5.74) is 2.62. The summed E-state index contributed by atoms with van der Waals surface area (Å²) in [5, 5.41) is 2.76. The first-order valence-electron chi connectivity index (χ1n) is 9.71. The van der Waals surface area contributed by atoms with Crippen LogP contribution in [0.3, 0.4) is 0 Å². The summed E-state index contributed by atoms with van der Waals surface area (Å²) in [6.07, 6.45) is 1.71. The molecule has 0 saturated carbocycles. The van der Waals surface area contributed by atoms with Gasteiger partial charge in [-0.3, -0.25) is 9.36 Å². The molecule has 4 rings (SSSR count). The maximum absolute atomic E-state index is 13.2. The number of rotatable bonds is 5. The minimum absolute atomic E-state index is 0.0423. The van der Waals surface area contributed by atoms with Crippen molar-refractivity contribution in [3.63, 3.8) is 0 Å². The van der Waals surface area contributed by atoms with Gasteiger partial charge in [0, 0.05) is 17.4 Å². The lowest BCUT2D eigenvalue weighted by Crippen LogP contribution is -2.12. The van der Waals surface area contributed by atoms with Crippen molar-refractivity contribution in [3.05, 3.63) is 88.5 Å². The molecule has 0 aliphatic rings. The van der Waals surface area contributed by atoms with E-state index in [-0.39, 0.29) is 10.6 Å². The Bertz CT molecular complexity index is 1300. The van der Waals surface area contributed by atoms with E-state index < -0.39 is 11.7 Å². The van der Waals surface area contributed by atoms with Crippen molar-refractivity contribution in [3.8, 4) is 17.4 Å². The molecular weight excluding hydrogens is 433 g/mol. The number of halogens is 2. The first-order valence-corrected chi connectivity index (χ1v) is 10.1. The zero-order valence-corrected chi connectivity index (χ0v) is 18.3. The van der Waals surface area contributed by atoms with Crippen LogP contribution in [-0.2, 0) is 0 Å². The monoisotopic (exact) mass is 451 g/mol. The van der Waals surface area contributed by atoms with Gasteiger partial charge < -0.3 is 10.1 Å². The normalized spacial score (nSPS) is 10.8. The SMILES string of the molecule is Cc1nc(Oc2ccc(NC(=O)c3ccc(F)cc3Cl)cc2)cc(-n2cnc(C)c2C)n1. The lowest BCUT2D eigenvalue weighted by Gasteiger charge is -2.11. The standard InChI is InChI=1S/C23H19ClFN5O2/c1-13-14(2)30(12-26-13)21-11-22(28-15(3)27-21)32-18-7-5-17(6-8-18)29-23(31)19-9-4-16(25)10-20(19)24/h4-12H,1-3H3,(H,29,31). The van der Waals surface area contributed by atoms with Crippen LogP contribution < -0.4 is 10.1 Å². The number of anilines is 1. The van der Waals surface area contributed by atoms with E-state index in [1.807, 2.05) is 18.4 Å². The zero-order valence-electron chi connectivity index (χ0n) is 17.6. The van der Waals surface area contributed by atoms with Gasteiger partial charge >= 0.3 is 0 Å². The number of benzene rings is 2. The van der Waals surface area contributed by atoms with Gasteiger partial charge in [0.1, 0.15) is 29.5 Å². The average Bonchev–Trinajstić information content (AvgIpc) is 3.07. The Morgan fingerprint density at radius 3 is 2.47 bits per heavy atom. The predicted molar refractivity (Wildman–Crippen MR) is 119 cm³/mol. The maximum atomic E-state index is 13.2. The molecule has 4 aromatic rings. The average molecular weight is 452 g/mol. The molecule has 0 atom stereocenters. The number of nitrogens with one attached hydrogen (secondary N) is 1. The fourth-order valence-corrected chi connectivity index (χ4v) is 3.28. The number of amides is 1. The van der Waals surface area contributed by atoms with E-state index in [1.54, 1.807) is 43.6 Å². The number of aromatic nitrogens is 4. The molecular formula is C23H19ClFN5O2. The highest BCUT2D eigenvalue weighted by atomic mass is 35.5. The molecule has 1 N–H and O–H groups in total. The minimum atomic E-state index is -0.505. The summed E-state index contributed by atoms with van der Waals surface area (Å²) in [5.74, 6) is 1.19. The van der Waals surface area contributed by atoms with Gasteiger partial charge in [-0.1, -0.05) is 11.6 Å². The Morgan fingerprint density at radius 1 is 1.06 bits per heavy atom. The van der Waals surface area contributed by atoms with Crippen molar-refractivity contribution in [2.75, 3.05) is 5.32 Å². The van der Waals surface area contributed by atoms with Crippen LogP contribution in [0.5, 0.6) is 11.6 Å². The summed E-state index contributed by atoms with van der Waals surface area (Å²) >= 11 is 5.95. The van der Waals surface area contributed by atoms with E-state index in [0.29, 0.717) is 29.0 Å². The van der Waals surface area contributed by atoms with Crippen LogP contribution in [0.1, 0.15) is 27.6 Å². The molecule has 2 heterocycles. The van der Waals surface area contributed by atoms with Gasteiger partial charge in [0.15, 0.2) is 0 Å². The molecule has 9 heteroatoms. The Labute approximate surface area is 188 Å². The number of ether oxygens (including phenoxy) is 1. The van der Waals surface area contributed by atoms with Crippen molar-refractivity contribution in [2.45, 2.75) is 20.8 Å². The second-order valence-corrected chi connectivity index (χ2v) is 7.51. The van der Waals surface area contributed by atoms with Crippen LogP contribution in [0.25, 0.3) is 5.82 Å². The summed E-state index contributed by atoms with van der Waals surface area (Å²) in [7, 11) is 0. The Morgan fingerprint density at radius 2 is 1.81 bits per heavy atom. The number of carbonyl (C=O) groups excluding carboxylic acids is 1. The highest BCUT2D eigenvalue weighted by molar-refractivity contribution is 6.34. The van der Waals surface area contributed by atoms with E-state index in [4.69, 9.17) is 16.3 Å². The summed E-state index contributed by atoms with van der Waals surface area (Å²) in [6, 6.07) is 12.1. The molecule has 0 spiro atoms. The zero-order chi connectivity index (χ0) is 22.8. The van der Waals surface area contributed by atoms with E-state index in [9.17, 15) is 9.18 Å².